The van der Waals surface area contributed by atoms with Crippen LogP contribution in [-0.2, 0) is 16.6 Å². The van der Waals surface area contributed by atoms with Crippen LogP contribution in [0, 0.1) is 15.9 Å². The molecule has 0 bridgehead atoms. The van der Waals surface area contributed by atoms with Gasteiger partial charge in [-0.05, 0) is 54.1 Å². The van der Waals surface area contributed by atoms with E-state index in [1.807, 2.05) is 0 Å². The van der Waals surface area contributed by atoms with E-state index in [1.54, 1.807) is 24.3 Å². The molecule has 3 aromatic carbocycles. The minimum absolute atomic E-state index is 0.0000608. The van der Waals surface area contributed by atoms with Crippen molar-refractivity contribution >= 4 is 15.7 Å². The van der Waals surface area contributed by atoms with E-state index < -0.39 is 14.9 Å². The first-order chi connectivity index (χ1) is 13.3. The third-order valence-electron chi connectivity index (χ3n) is 3.77. The molecule has 1 N–H and O–H groups in total. The minimum Gasteiger partial charge on any atom is -0.457 e. The van der Waals surface area contributed by atoms with Crippen LogP contribution in [0.2, 0.25) is 0 Å². The number of nitro benzene ring substituents is 1. The molecular weight excluding hydrogens is 387 g/mol. The van der Waals surface area contributed by atoms with Crippen LogP contribution in [0.3, 0.4) is 0 Å². The zero-order valence-corrected chi connectivity index (χ0v) is 15.2. The van der Waals surface area contributed by atoms with Crippen molar-refractivity contribution < 1.29 is 22.5 Å². The van der Waals surface area contributed by atoms with Gasteiger partial charge in [0.15, 0.2) is 0 Å². The summed E-state index contributed by atoms with van der Waals surface area (Å²) in [7, 11) is -3.83. The van der Waals surface area contributed by atoms with E-state index in [4.69, 9.17) is 4.74 Å². The fourth-order valence-electron chi connectivity index (χ4n) is 2.37. The van der Waals surface area contributed by atoms with Gasteiger partial charge in [0.2, 0.25) is 10.0 Å². The lowest BCUT2D eigenvalue weighted by Crippen LogP contribution is -2.23. The number of nitro groups is 1. The Kier molecular flexibility index (Phi) is 5.67. The normalized spacial score (nSPS) is 11.2. The second kappa shape index (κ2) is 8.15. The summed E-state index contributed by atoms with van der Waals surface area (Å²) in [5.41, 5.74) is 0.453. The minimum atomic E-state index is -3.83. The van der Waals surface area contributed by atoms with Gasteiger partial charge in [0.1, 0.15) is 17.3 Å². The van der Waals surface area contributed by atoms with E-state index in [0.717, 1.165) is 12.1 Å². The quantitative estimate of drug-likeness (QED) is 0.476. The van der Waals surface area contributed by atoms with E-state index in [9.17, 15) is 22.9 Å². The molecule has 144 valence electrons. The molecule has 0 heterocycles. The molecule has 0 aliphatic carbocycles. The molecule has 3 aromatic rings. The van der Waals surface area contributed by atoms with Crippen LogP contribution in [0.15, 0.2) is 77.7 Å². The Balaban J connectivity index is 1.68. The van der Waals surface area contributed by atoms with Crippen molar-refractivity contribution in [3.63, 3.8) is 0 Å². The molecule has 0 aliphatic rings. The van der Waals surface area contributed by atoms with Gasteiger partial charge in [-0.2, -0.15) is 0 Å². The topological polar surface area (TPSA) is 98.5 Å². The molecule has 9 heteroatoms. The second-order valence-corrected chi connectivity index (χ2v) is 7.55. The van der Waals surface area contributed by atoms with Gasteiger partial charge in [0.25, 0.3) is 5.69 Å². The van der Waals surface area contributed by atoms with Crippen molar-refractivity contribution in [2.24, 2.45) is 0 Å². The predicted octanol–water partition coefficient (Wildman–Crippen LogP) is 4.00. The van der Waals surface area contributed by atoms with E-state index in [2.05, 4.69) is 4.72 Å². The monoisotopic (exact) mass is 402 g/mol. The summed E-state index contributed by atoms with van der Waals surface area (Å²) in [6.07, 6.45) is 0. The second-order valence-electron chi connectivity index (χ2n) is 5.78. The van der Waals surface area contributed by atoms with Crippen molar-refractivity contribution in [3.05, 3.63) is 94.3 Å². The van der Waals surface area contributed by atoms with Gasteiger partial charge in [-0.15, -0.1) is 0 Å². The number of nitrogens with zero attached hydrogens (tertiary/aromatic N) is 1. The number of benzene rings is 3. The first-order valence-corrected chi connectivity index (χ1v) is 9.58. The summed E-state index contributed by atoms with van der Waals surface area (Å²) >= 11 is 0. The maximum absolute atomic E-state index is 12.9. The lowest BCUT2D eigenvalue weighted by molar-refractivity contribution is -0.384. The van der Waals surface area contributed by atoms with E-state index in [-0.39, 0.29) is 22.9 Å². The van der Waals surface area contributed by atoms with Crippen LogP contribution in [0.1, 0.15) is 5.56 Å². The number of sulfonamides is 1. The highest BCUT2D eigenvalue weighted by molar-refractivity contribution is 7.89. The molecule has 3 rings (SSSR count). The largest absolute Gasteiger partial charge is 0.457 e. The molecular formula is C19H15FN2O5S. The SMILES string of the molecule is O=[N+]([O-])c1ccc(S(=O)(=O)NCc2cccc(Oc3ccc(F)cc3)c2)cc1. The van der Waals surface area contributed by atoms with Gasteiger partial charge in [-0.1, -0.05) is 12.1 Å². The fourth-order valence-corrected chi connectivity index (χ4v) is 3.38. The van der Waals surface area contributed by atoms with Crippen LogP contribution in [0.5, 0.6) is 11.5 Å². The van der Waals surface area contributed by atoms with Crippen LogP contribution in [-0.4, -0.2) is 13.3 Å². The van der Waals surface area contributed by atoms with Crippen molar-refractivity contribution in [1.29, 1.82) is 0 Å². The average molecular weight is 402 g/mol. The Labute approximate surface area is 160 Å². The highest BCUT2D eigenvalue weighted by Gasteiger charge is 2.15. The summed E-state index contributed by atoms with van der Waals surface area (Å²) in [4.78, 5) is 9.99. The Bertz CT molecular complexity index is 1080. The third kappa shape index (κ3) is 4.90. The summed E-state index contributed by atoms with van der Waals surface area (Å²) in [5.74, 6) is 0.547. The van der Waals surface area contributed by atoms with Crippen LogP contribution >= 0.6 is 0 Å². The molecule has 0 aromatic heterocycles. The molecule has 0 spiro atoms. The molecule has 0 saturated carbocycles. The number of hydrogen-bond donors (Lipinski definition) is 1. The molecule has 0 aliphatic heterocycles. The van der Waals surface area contributed by atoms with Crippen LogP contribution in [0.4, 0.5) is 10.1 Å². The maximum Gasteiger partial charge on any atom is 0.269 e. The van der Waals surface area contributed by atoms with Gasteiger partial charge >= 0.3 is 0 Å². The molecule has 0 amide bonds. The third-order valence-corrected chi connectivity index (χ3v) is 5.19. The molecule has 0 fully saturated rings. The lowest BCUT2D eigenvalue weighted by atomic mass is 10.2. The van der Waals surface area contributed by atoms with Crippen LogP contribution in [0.25, 0.3) is 0 Å². The van der Waals surface area contributed by atoms with Crippen LogP contribution < -0.4 is 9.46 Å². The number of hydrogen-bond acceptors (Lipinski definition) is 5. The Morgan fingerprint density at radius 1 is 0.964 bits per heavy atom. The zero-order chi connectivity index (χ0) is 20.1. The summed E-state index contributed by atoms with van der Waals surface area (Å²) in [5, 5.41) is 10.7. The molecule has 0 atom stereocenters. The summed E-state index contributed by atoms with van der Waals surface area (Å²) in [6.45, 7) is -0.0000608. The highest BCUT2D eigenvalue weighted by Crippen LogP contribution is 2.23. The number of nitrogens with one attached hydrogen (secondary N) is 1. The van der Waals surface area contributed by atoms with Crippen molar-refractivity contribution in [2.45, 2.75) is 11.4 Å². The van der Waals surface area contributed by atoms with Crippen molar-refractivity contribution in [2.75, 3.05) is 0 Å². The molecule has 28 heavy (non-hydrogen) atoms. The molecule has 0 saturated heterocycles. The first-order valence-electron chi connectivity index (χ1n) is 8.10. The lowest BCUT2D eigenvalue weighted by Gasteiger charge is -2.09. The average Bonchev–Trinajstić information content (AvgIpc) is 2.69. The summed E-state index contributed by atoms with van der Waals surface area (Å²) in [6, 6.07) is 16.9. The van der Waals surface area contributed by atoms with Gasteiger partial charge in [-0.25, -0.2) is 17.5 Å². The van der Waals surface area contributed by atoms with Gasteiger partial charge in [0.05, 0.1) is 9.82 Å². The van der Waals surface area contributed by atoms with Gasteiger partial charge < -0.3 is 4.74 Å². The zero-order valence-electron chi connectivity index (χ0n) is 14.4. The highest BCUT2D eigenvalue weighted by atomic mass is 32.2. The smallest absolute Gasteiger partial charge is 0.269 e. The Morgan fingerprint density at radius 3 is 2.29 bits per heavy atom. The van der Waals surface area contributed by atoms with Crippen molar-refractivity contribution in [1.82, 2.24) is 4.72 Å². The van der Waals surface area contributed by atoms with E-state index in [0.29, 0.717) is 17.1 Å². The maximum atomic E-state index is 12.9. The predicted molar refractivity (Wildman–Crippen MR) is 100 cm³/mol. The number of ether oxygens (including phenoxy) is 1. The first kappa shape index (κ1) is 19.5. The standard InChI is InChI=1S/C19H15FN2O5S/c20-15-4-8-17(9-5-15)27-18-3-1-2-14(12-18)13-21-28(25,26)19-10-6-16(7-11-19)22(23)24/h1-12,21H,13H2. The Morgan fingerprint density at radius 2 is 1.64 bits per heavy atom. The Hall–Kier alpha value is -3.30. The van der Waals surface area contributed by atoms with Gasteiger partial charge in [0, 0.05) is 18.7 Å². The van der Waals surface area contributed by atoms with Crippen molar-refractivity contribution in [3.8, 4) is 11.5 Å². The number of non-ortho nitro benzene ring substituents is 1. The molecule has 0 radical (unpaired) electrons. The number of rotatable bonds is 7. The fraction of sp³-hybridized carbons (Fsp3) is 0.0526. The van der Waals surface area contributed by atoms with Gasteiger partial charge in [-0.3, -0.25) is 10.1 Å². The van der Waals surface area contributed by atoms with E-state index >= 15 is 0 Å². The number of halogens is 1. The summed E-state index contributed by atoms with van der Waals surface area (Å²) < 4.78 is 45.7. The molecule has 0 unspecified atom stereocenters. The molecule has 7 nitrogen and oxygen atoms in total. The van der Waals surface area contributed by atoms with E-state index in [1.165, 1.54) is 36.4 Å².